The Morgan fingerprint density at radius 1 is 1.10 bits per heavy atom. The molecule has 2 bridgehead atoms. The Bertz CT molecular complexity index is 333. The van der Waals surface area contributed by atoms with E-state index in [-0.39, 0.29) is 11.9 Å². The maximum atomic E-state index is 12.3. The molecular weight excluding hydrogens is 250 g/mol. The van der Waals surface area contributed by atoms with Gasteiger partial charge in [-0.2, -0.15) is 0 Å². The van der Waals surface area contributed by atoms with E-state index in [2.05, 4.69) is 15.5 Å². The van der Waals surface area contributed by atoms with Crippen LogP contribution in [0.2, 0.25) is 0 Å². The Balaban J connectivity index is 1.46. The molecule has 4 rings (SSSR count). The quantitative estimate of drug-likeness (QED) is 0.820. The monoisotopic (exact) mass is 279 g/mol. The van der Waals surface area contributed by atoms with Crippen LogP contribution in [0.25, 0.3) is 0 Å². The molecule has 0 spiro atoms. The first-order valence-corrected chi connectivity index (χ1v) is 8.51. The summed E-state index contributed by atoms with van der Waals surface area (Å²) in [4.78, 5) is 14.8. The molecule has 4 nitrogen and oxygen atoms in total. The van der Waals surface area contributed by atoms with E-state index in [1.54, 1.807) is 0 Å². The van der Waals surface area contributed by atoms with E-state index in [0.717, 1.165) is 25.3 Å². The average molecular weight is 279 g/mol. The van der Waals surface area contributed by atoms with Gasteiger partial charge in [0, 0.05) is 18.6 Å². The molecule has 0 aromatic heterocycles. The molecule has 3 saturated heterocycles. The van der Waals surface area contributed by atoms with Crippen molar-refractivity contribution in [3.63, 3.8) is 0 Å². The molecule has 2 atom stereocenters. The van der Waals surface area contributed by atoms with Crippen molar-refractivity contribution in [1.29, 1.82) is 0 Å². The van der Waals surface area contributed by atoms with Crippen LogP contribution in [0.15, 0.2) is 0 Å². The molecule has 2 N–H and O–H groups in total. The van der Waals surface area contributed by atoms with Crippen LogP contribution >= 0.6 is 0 Å². The van der Waals surface area contributed by atoms with Crippen LogP contribution in [-0.2, 0) is 4.79 Å². The van der Waals surface area contributed by atoms with Crippen molar-refractivity contribution < 1.29 is 4.79 Å². The summed E-state index contributed by atoms with van der Waals surface area (Å²) in [6.45, 7) is 5.67. The van der Waals surface area contributed by atoms with E-state index in [0.29, 0.717) is 12.1 Å². The third-order valence-corrected chi connectivity index (χ3v) is 5.47. The SMILES string of the molecule is CC(NC1CN2CCC1CC2)C(=O)NC1CCCCC1. The Hall–Kier alpha value is -0.610. The largest absolute Gasteiger partial charge is 0.352 e. The van der Waals surface area contributed by atoms with Gasteiger partial charge in [-0.15, -0.1) is 0 Å². The van der Waals surface area contributed by atoms with Crippen LogP contribution in [0.3, 0.4) is 0 Å². The highest BCUT2D eigenvalue weighted by molar-refractivity contribution is 5.81. The molecule has 1 aliphatic carbocycles. The number of nitrogens with zero attached hydrogens (tertiary/aromatic N) is 1. The molecule has 4 fully saturated rings. The molecule has 2 unspecified atom stereocenters. The minimum atomic E-state index is -0.0533. The summed E-state index contributed by atoms with van der Waals surface area (Å²) in [6.07, 6.45) is 8.80. The van der Waals surface area contributed by atoms with Gasteiger partial charge in [0.15, 0.2) is 0 Å². The van der Waals surface area contributed by atoms with E-state index in [1.165, 1.54) is 45.2 Å². The minimum Gasteiger partial charge on any atom is -0.352 e. The molecule has 114 valence electrons. The van der Waals surface area contributed by atoms with Gasteiger partial charge in [-0.25, -0.2) is 0 Å². The highest BCUT2D eigenvalue weighted by atomic mass is 16.2. The fraction of sp³-hybridized carbons (Fsp3) is 0.938. The molecule has 0 aromatic rings. The van der Waals surface area contributed by atoms with Crippen LogP contribution in [0.1, 0.15) is 51.9 Å². The second-order valence-corrected chi connectivity index (χ2v) is 6.98. The van der Waals surface area contributed by atoms with Crippen molar-refractivity contribution in [2.75, 3.05) is 19.6 Å². The van der Waals surface area contributed by atoms with Crippen molar-refractivity contribution in [3.8, 4) is 0 Å². The maximum absolute atomic E-state index is 12.3. The molecule has 3 heterocycles. The van der Waals surface area contributed by atoms with Crippen molar-refractivity contribution in [2.45, 2.75) is 70.0 Å². The Kier molecular flexibility index (Phi) is 4.61. The van der Waals surface area contributed by atoms with E-state index >= 15 is 0 Å². The number of hydrogen-bond donors (Lipinski definition) is 2. The Morgan fingerprint density at radius 2 is 1.80 bits per heavy atom. The number of nitrogens with one attached hydrogen (secondary N) is 2. The number of piperidine rings is 3. The second kappa shape index (κ2) is 6.44. The molecule has 0 aromatic carbocycles. The summed E-state index contributed by atoms with van der Waals surface area (Å²) in [6, 6.07) is 0.888. The number of rotatable bonds is 4. The molecule has 4 aliphatic rings. The van der Waals surface area contributed by atoms with Gasteiger partial charge in [-0.3, -0.25) is 4.79 Å². The van der Waals surface area contributed by atoms with Crippen LogP contribution in [-0.4, -0.2) is 48.6 Å². The summed E-state index contributed by atoms with van der Waals surface area (Å²) in [5.41, 5.74) is 0. The van der Waals surface area contributed by atoms with Crippen LogP contribution in [0.4, 0.5) is 0 Å². The van der Waals surface area contributed by atoms with Gasteiger partial charge in [0.2, 0.25) is 5.91 Å². The Labute approximate surface area is 122 Å². The van der Waals surface area contributed by atoms with Gasteiger partial charge in [-0.1, -0.05) is 19.3 Å². The number of amides is 1. The summed E-state index contributed by atoms with van der Waals surface area (Å²) in [7, 11) is 0. The number of carbonyl (C=O) groups excluding carboxylic acids is 1. The highest BCUT2D eigenvalue weighted by Crippen LogP contribution is 2.27. The van der Waals surface area contributed by atoms with E-state index in [9.17, 15) is 4.79 Å². The highest BCUT2D eigenvalue weighted by Gasteiger charge is 2.35. The molecular formula is C16H29N3O. The first-order chi connectivity index (χ1) is 9.72. The van der Waals surface area contributed by atoms with Gasteiger partial charge >= 0.3 is 0 Å². The molecule has 4 heteroatoms. The van der Waals surface area contributed by atoms with Crippen LogP contribution in [0.5, 0.6) is 0 Å². The standard InChI is InChI=1S/C16H29N3O/c1-12(16(20)18-14-5-3-2-4-6-14)17-15-11-19-9-7-13(15)8-10-19/h12-15,17H,2-11H2,1H3,(H,18,20). The third kappa shape index (κ3) is 3.34. The predicted molar refractivity (Wildman–Crippen MR) is 80.6 cm³/mol. The lowest BCUT2D eigenvalue weighted by molar-refractivity contribution is -0.124. The van der Waals surface area contributed by atoms with Gasteiger partial charge in [0.05, 0.1) is 6.04 Å². The van der Waals surface area contributed by atoms with Crippen molar-refractivity contribution in [3.05, 3.63) is 0 Å². The van der Waals surface area contributed by atoms with Crippen LogP contribution < -0.4 is 10.6 Å². The van der Waals surface area contributed by atoms with Crippen molar-refractivity contribution >= 4 is 5.91 Å². The van der Waals surface area contributed by atoms with Gasteiger partial charge in [0.25, 0.3) is 0 Å². The maximum Gasteiger partial charge on any atom is 0.237 e. The lowest BCUT2D eigenvalue weighted by Gasteiger charge is -2.45. The molecule has 3 aliphatic heterocycles. The summed E-state index contributed by atoms with van der Waals surface area (Å²) < 4.78 is 0. The molecule has 0 radical (unpaired) electrons. The lowest BCUT2D eigenvalue weighted by Crippen LogP contribution is -2.60. The topological polar surface area (TPSA) is 44.4 Å². The second-order valence-electron chi connectivity index (χ2n) is 6.98. The van der Waals surface area contributed by atoms with E-state index in [4.69, 9.17) is 0 Å². The molecule has 20 heavy (non-hydrogen) atoms. The first-order valence-electron chi connectivity index (χ1n) is 8.51. The average Bonchev–Trinajstić information content (AvgIpc) is 2.49. The van der Waals surface area contributed by atoms with Crippen molar-refractivity contribution in [2.24, 2.45) is 5.92 Å². The molecule has 1 amide bonds. The number of hydrogen-bond acceptors (Lipinski definition) is 3. The number of carbonyl (C=O) groups is 1. The third-order valence-electron chi connectivity index (χ3n) is 5.47. The van der Waals surface area contributed by atoms with E-state index < -0.39 is 0 Å². The predicted octanol–water partition coefficient (Wildman–Crippen LogP) is 1.51. The zero-order chi connectivity index (χ0) is 13.9. The first kappa shape index (κ1) is 14.3. The summed E-state index contributed by atoms with van der Waals surface area (Å²) in [5, 5.41) is 6.82. The smallest absolute Gasteiger partial charge is 0.237 e. The van der Waals surface area contributed by atoms with Gasteiger partial charge < -0.3 is 15.5 Å². The van der Waals surface area contributed by atoms with Gasteiger partial charge in [-0.05, 0) is 51.6 Å². The normalized spacial score (nSPS) is 35.8. The summed E-state index contributed by atoms with van der Waals surface area (Å²) >= 11 is 0. The number of fused-ring (bicyclic) bond motifs is 3. The Morgan fingerprint density at radius 3 is 2.40 bits per heavy atom. The van der Waals surface area contributed by atoms with Crippen molar-refractivity contribution in [1.82, 2.24) is 15.5 Å². The summed E-state index contributed by atoms with van der Waals surface area (Å²) in [5.74, 6) is 0.985. The van der Waals surface area contributed by atoms with Crippen LogP contribution in [0, 0.1) is 5.92 Å². The fourth-order valence-corrected chi connectivity index (χ4v) is 4.12. The fourth-order valence-electron chi connectivity index (χ4n) is 4.12. The zero-order valence-corrected chi connectivity index (χ0v) is 12.7. The lowest BCUT2D eigenvalue weighted by atomic mass is 9.83. The van der Waals surface area contributed by atoms with Gasteiger partial charge in [0.1, 0.15) is 0 Å². The minimum absolute atomic E-state index is 0.0533. The zero-order valence-electron chi connectivity index (χ0n) is 12.7. The van der Waals surface area contributed by atoms with E-state index in [1.807, 2.05) is 6.92 Å². The molecule has 1 saturated carbocycles.